The maximum atomic E-state index is 12.1. The molecule has 48 heavy (non-hydrogen) atoms. The van der Waals surface area contributed by atoms with Gasteiger partial charge >= 0.3 is 0 Å². The minimum absolute atomic E-state index is 0. The molecule has 6 rings (SSSR count). The zero-order valence-electron chi connectivity index (χ0n) is 28.8. The molecule has 0 atom stereocenters. The number of allylic oxidation sites excluding steroid dienone is 6. The van der Waals surface area contributed by atoms with Crippen LogP contribution in [0.15, 0.2) is 109 Å². The summed E-state index contributed by atoms with van der Waals surface area (Å²) in [5, 5.41) is 0. The summed E-state index contributed by atoms with van der Waals surface area (Å²) in [5.41, 5.74) is 3.03. The minimum Gasteiger partial charge on any atom is -0.290 e. The Bertz CT molecular complexity index is 1360. The lowest BCUT2D eigenvalue weighted by molar-refractivity contribution is -0.113. The van der Waals surface area contributed by atoms with Crippen LogP contribution in [0.3, 0.4) is 0 Å². The normalized spacial score (nSPS) is 11.6. The Labute approximate surface area is 289 Å². The number of fused-ring (bicyclic) bond motifs is 3. The van der Waals surface area contributed by atoms with Crippen molar-refractivity contribution in [2.45, 2.75) is 84.1 Å². The molecule has 0 spiro atoms. The number of hydrogen-bond acceptors (Lipinski definition) is 6. The summed E-state index contributed by atoms with van der Waals surface area (Å²) in [4.78, 5) is 67.2. The molecule has 0 amide bonds. The maximum Gasteiger partial charge on any atom is 0.194 e. The van der Waals surface area contributed by atoms with Gasteiger partial charge in [0.15, 0.2) is 34.7 Å². The molecule has 3 aromatic rings. The topological polar surface area (TPSA) is 102 Å². The van der Waals surface area contributed by atoms with Crippen LogP contribution in [0.25, 0.3) is 0 Å². The third-order valence-electron chi connectivity index (χ3n) is 5.50. The molecule has 0 aliphatic heterocycles. The van der Waals surface area contributed by atoms with Gasteiger partial charge in [-0.1, -0.05) is 157 Å². The maximum absolute atomic E-state index is 12.1. The van der Waals surface area contributed by atoms with E-state index in [4.69, 9.17) is 0 Å². The van der Waals surface area contributed by atoms with Gasteiger partial charge in [0, 0.05) is 33.4 Å². The highest BCUT2D eigenvalue weighted by Crippen LogP contribution is 2.26. The highest BCUT2D eigenvalue weighted by Gasteiger charge is 2.28. The third-order valence-corrected chi connectivity index (χ3v) is 5.50. The second kappa shape index (κ2) is 29.3. The van der Waals surface area contributed by atoms with Gasteiger partial charge < -0.3 is 0 Å². The minimum atomic E-state index is -0.121. The monoisotopic (exact) mass is 656 g/mol. The fraction of sp³-hybridized carbons (Fsp3) is 0.286. The molecule has 6 heteroatoms. The summed E-state index contributed by atoms with van der Waals surface area (Å²) >= 11 is 0. The van der Waals surface area contributed by atoms with Gasteiger partial charge in [0.05, 0.1) is 0 Å². The van der Waals surface area contributed by atoms with Gasteiger partial charge in [-0.05, 0) is 36.5 Å². The largest absolute Gasteiger partial charge is 0.290 e. The quantitative estimate of drug-likeness (QED) is 0.175. The van der Waals surface area contributed by atoms with Crippen molar-refractivity contribution in [1.82, 2.24) is 0 Å². The smallest absolute Gasteiger partial charge is 0.194 e. The molecule has 0 aromatic heterocycles. The molecular formula is C42H56O6. The van der Waals surface area contributed by atoms with Crippen LogP contribution >= 0.6 is 0 Å². The van der Waals surface area contributed by atoms with E-state index in [1.54, 1.807) is 72.8 Å². The number of rotatable bonds is 0. The van der Waals surface area contributed by atoms with Crippen LogP contribution in [0, 0.1) is 0 Å². The molecule has 0 radical (unpaired) electrons. The fourth-order valence-electron chi connectivity index (χ4n) is 3.73. The fourth-order valence-corrected chi connectivity index (χ4v) is 3.73. The molecule has 0 unspecified atom stereocenters. The first-order valence-corrected chi connectivity index (χ1v) is 15.9. The van der Waals surface area contributed by atoms with Crippen molar-refractivity contribution in [1.29, 1.82) is 0 Å². The molecule has 6 nitrogen and oxygen atoms in total. The van der Waals surface area contributed by atoms with E-state index in [2.05, 4.69) is 0 Å². The lowest BCUT2D eigenvalue weighted by Gasteiger charge is -2.16. The standard InChI is InChI=1S/C14H8O2.C10H6O2.C6H4O2.5C2H6.2CH4/c15-13-9-5-1-2-6-10(9)14(16)12-8-4-3-7-11(12)13;11-9-5-6-10(12)8-4-2-1-3-7(8)9;7-5-1-2-6(8)4-3-5;5*1-2;;/h1-8H;1-6H;1-4H;5*1-2H3;2*1H4. The first-order chi connectivity index (χ1) is 22.4. The number of hydrogen-bond donors (Lipinski definition) is 0. The molecule has 3 aromatic carbocycles. The Kier molecular flexibility index (Phi) is 30.4. The summed E-state index contributed by atoms with van der Waals surface area (Å²) in [6.45, 7) is 20.0. The van der Waals surface area contributed by atoms with Gasteiger partial charge in [-0.3, -0.25) is 28.8 Å². The first-order valence-electron chi connectivity index (χ1n) is 15.9. The lowest BCUT2D eigenvalue weighted by Crippen LogP contribution is -2.20. The van der Waals surface area contributed by atoms with Crippen molar-refractivity contribution in [2.24, 2.45) is 0 Å². The molecule has 3 aliphatic rings. The van der Waals surface area contributed by atoms with E-state index < -0.39 is 0 Å². The Morgan fingerprint density at radius 3 is 0.688 bits per heavy atom. The van der Waals surface area contributed by atoms with Crippen LogP contribution in [0.4, 0.5) is 0 Å². The number of carbonyl (C=O) groups is 6. The van der Waals surface area contributed by atoms with Crippen molar-refractivity contribution in [2.75, 3.05) is 0 Å². The highest BCUT2D eigenvalue weighted by molar-refractivity contribution is 6.28. The molecule has 0 fully saturated rings. The van der Waals surface area contributed by atoms with Gasteiger partial charge in [0.1, 0.15) is 0 Å². The zero-order chi connectivity index (χ0) is 35.7. The Morgan fingerprint density at radius 2 is 0.479 bits per heavy atom. The zero-order valence-corrected chi connectivity index (χ0v) is 28.8. The average Bonchev–Trinajstić information content (AvgIpc) is 3.15. The first kappa shape index (κ1) is 49.8. The van der Waals surface area contributed by atoms with E-state index in [0.29, 0.717) is 33.4 Å². The van der Waals surface area contributed by atoms with Crippen LogP contribution in [0.2, 0.25) is 0 Å². The summed E-state index contributed by atoms with van der Waals surface area (Å²) in [6.07, 6.45) is 7.63. The SMILES string of the molecule is C.C.CC.CC.CC.CC.CC.O=C1C=CC(=O)C=C1.O=C1C=CC(=O)c2ccccc21.O=C1c2ccccc2C(=O)c2ccccc21. The lowest BCUT2D eigenvalue weighted by atomic mass is 9.84. The van der Waals surface area contributed by atoms with Crippen molar-refractivity contribution in [3.8, 4) is 0 Å². The van der Waals surface area contributed by atoms with E-state index in [9.17, 15) is 28.8 Å². The van der Waals surface area contributed by atoms with Gasteiger partial charge in [0.25, 0.3) is 0 Å². The number of ketones is 6. The van der Waals surface area contributed by atoms with Crippen LogP contribution in [-0.4, -0.2) is 34.7 Å². The second-order valence-corrected chi connectivity index (χ2v) is 7.83. The van der Waals surface area contributed by atoms with Gasteiger partial charge in [-0.2, -0.15) is 0 Å². The Morgan fingerprint density at radius 1 is 0.292 bits per heavy atom. The van der Waals surface area contributed by atoms with Crippen LogP contribution in [0.5, 0.6) is 0 Å². The predicted molar refractivity (Wildman–Crippen MR) is 202 cm³/mol. The predicted octanol–water partition coefficient (Wildman–Crippen LogP) is 10.7. The highest BCUT2D eigenvalue weighted by atomic mass is 16.2. The van der Waals surface area contributed by atoms with Crippen molar-refractivity contribution in [3.63, 3.8) is 0 Å². The Hall–Kier alpha value is -5.10. The van der Waals surface area contributed by atoms with Crippen LogP contribution < -0.4 is 0 Å². The van der Waals surface area contributed by atoms with E-state index in [-0.39, 0.29) is 49.6 Å². The van der Waals surface area contributed by atoms with E-state index in [1.165, 1.54) is 36.5 Å². The molecular weight excluding hydrogens is 600 g/mol. The van der Waals surface area contributed by atoms with Crippen molar-refractivity contribution in [3.05, 3.63) is 143 Å². The summed E-state index contributed by atoms with van der Waals surface area (Å²) in [6, 6.07) is 20.7. The molecule has 0 N–H and O–H groups in total. The van der Waals surface area contributed by atoms with E-state index >= 15 is 0 Å². The third kappa shape index (κ3) is 14.5. The molecule has 0 heterocycles. The Balaban J connectivity index is -0.000000271. The van der Waals surface area contributed by atoms with Gasteiger partial charge in [0.2, 0.25) is 0 Å². The van der Waals surface area contributed by atoms with Crippen molar-refractivity contribution >= 4 is 34.7 Å². The average molecular weight is 657 g/mol. The van der Waals surface area contributed by atoms with Crippen molar-refractivity contribution < 1.29 is 28.8 Å². The van der Waals surface area contributed by atoms with Crippen LogP contribution in [0.1, 0.15) is 137 Å². The summed E-state index contributed by atoms with van der Waals surface area (Å²) in [7, 11) is 0. The van der Waals surface area contributed by atoms with Gasteiger partial charge in [-0.25, -0.2) is 0 Å². The van der Waals surface area contributed by atoms with Crippen LogP contribution in [-0.2, 0) is 9.59 Å². The molecule has 0 saturated heterocycles. The van der Waals surface area contributed by atoms with E-state index in [1.807, 2.05) is 69.2 Å². The molecule has 260 valence electrons. The molecule has 0 bridgehead atoms. The molecule has 0 saturated carbocycles. The van der Waals surface area contributed by atoms with Gasteiger partial charge in [-0.15, -0.1) is 0 Å². The van der Waals surface area contributed by atoms with E-state index in [0.717, 1.165) is 0 Å². The number of benzene rings is 3. The summed E-state index contributed by atoms with van der Waals surface area (Å²) in [5.74, 6) is -0.554. The molecule has 3 aliphatic carbocycles. The second-order valence-electron chi connectivity index (χ2n) is 7.83. The summed E-state index contributed by atoms with van der Waals surface area (Å²) < 4.78 is 0. The number of carbonyl (C=O) groups excluding carboxylic acids is 6.